The van der Waals surface area contributed by atoms with Gasteiger partial charge in [0.25, 0.3) is 0 Å². The van der Waals surface area contributed by atoms with Crippen LogP contribution >= 0.6 is 0 Å². The molecular formula is C10H14N2O3. The van der Waals surface area contributed by atoms with Crippen molar-refractivity contribution >= 4 is 11.9 Å². The van der Waals surface area contributed by atoms with Crippen molar-refractivity contribution < 1.29 is 14.7 Å². The number of carboxylic acids is 1. The highest BCUT2D eigenvalue weighted by Gasteiger charge is 2.19. The van der Waals surface area contributed by atoms with Crippen molar-refractivity contribution in [2.24, 2.45) is 13.0 Å². The summed E-state index contributed by atoms with van der Waals surface area (Å²) in [7, 11) is 1.88. The zero-order valence-electron chi connectivity index (χ0n) is 8.73. The predicted molar refractivity (Wildman–Crippen MR) is 54.1 cm³/mol. The molecule has 2 N–H and O–H groups in total. The van der Waals surface area contributed by atoms with Crippen molar-refractivity contribution in [3.63, 3.8) is 0 Å². The SMILES string of the molecule is CC(C(=O)O)C(=O)NCc1ccn(C)c1. The molecule has 0 aliphatic rings. The largest absolute Gasteiger partial charge is 0.481 e. The molecule has 0 fully saturated rings. The van der Waals surface area contributed by atoms with E-state index in [9.17, 15) is 9.59 Å². The highest BCUT2D eigenvalue weighted by atomic mass is 16.4. The molecule has 1 aromatic rings. The summed E-state index contributed by atoms with van der Waals surface area (Å²) in [5.74, 6) is -2.58. The van der Waals surface area contributed by atoms with Gasteiger partial charge in [0.2, 0.25) is 5.91 Å². The highest BCUT2D eigenvalue weighted by Crippen LogP contribution is 2.00. The predicted octanol–water partition coefficient (Wildman–Crippen LogP) is 0.362. The molecule has 0 bridgehead atoms. The standard InChI is InChI=1S/C10H14N2O3/c1-7(10(14)15)9(13)11-5-8-3-4-12(2)6-8/h3-4,6-7H,5H2,1-2H3,(H,11,13)(H,14,15). The smallest absolute Gasteiger partial charge is 0.315 e. The number of carboxylic acid groups (broad SMARTS) is 1. The summed E-state index contributed by atoms with van der Waals surface area (Å²) < 4.78 is 1.86. The fourth-order valence-corrected chi connectivity index (χ4v) is 1.12. The number of rotatable bonds is 4. The van der Waals surface area contributed by atoms with Crippen LogP contribution < -0.4 is 5.32 Å². The molecule has 0 aliphatic carbocycles. The molecule has 1 rings (SSSR count). The maximum absolute atomic E-state index is 11.3. The molecule has 1 unspecified atom stereocenters. The maximum Gasteiger partial charge on any atom is 0.315 e. The summed E-state index contributed by atoms with van der Waals surface area (Å²) in [6.07, 6.45) is 3.73. The van der Waals surface area contributed by atoms with Crippen molar-refractivity contribution in [3.8, 4) is 0 Å². The number of amides is 1. The van der Waals surface area contributed by atoms with Crippen LogP contribution in [0.15, 0.2) is 18.5 Å². The number of aromatic nitrogens is 1. The Labute approximate surface area is 87.7 Å². The Kier molecular flexibility index (Phi) is 3.49. The number of hydrogen-bond donors (Lipinski definition) is 2. The second-order valence-corrected chi connectivity index (χ2v) is 3.46. The third-order valence-electron chi connectivity index (χ3n) is 2.12. The van der Waals surface area contributed by atoms with Gasteiger partial charge in [-0.15, -0.1) is 0 Å². The number of aryl methyl sites for hydroxylation is 1. The Hall–Kier alpha value is -1.78. The van der Waals surface area contributed by atoms with Gasteiger partial charge in [0.05, 0.1) is 0 Å². The van der Waals surface area contributed by atoms with Gasteiger partial charge < -0.3 is 15.0 Å². The summed E-state index contributed by atoms with van der Waals surface area (Å²) in [5.41, 5.74) is 0.948. The first kappa shape index (κ1) is 11.3. The van der Waals surface area contributed by atoms with Crippen LogP contribution in [0.25, 0.3) is 0 Å². The van der Waals surface area contributed by atoms with Gasteiger partial charge in [0, 0.05) is 26.0 Å². The first-order valence-corrected chi connectivity index (χ1v) is 4.62. The van der Waals surface area contributed by atoms with Crippen molar-refractivity contribution in [3.05, 3.63) is 24.0 Å². The van der Waals surface area contributed by atoms with Crippen LogP contribution in [0.3, 0.4) is 0 Å². The molecule has 5 heteroatoms. The molecule has 0 aliphatic heterocycles. The lowest BCUT2D eigenvalue weighted by molar-refractivity contribution is -0.146. The van der Waals surface area contributed by atoms with Gasteiger partial charge in [0.15, 0.2) is 0 Å². The summed E-state index contributed by atoms with van der Waals surface area (Å²) in [6, 6.07) is 1.87. The van der Waals surface area contributed by atoms with Crippen molar-refractivity contribution in [2.45, 2.75) is 13.5 Å². The molecule has 15 heavy (non-hydrogen) atoms. The number of nitrogens with one attached hydrogen (secondary N) is 1. The Morgan fingerprint density at radius 3 is 2.73 bits per heavy atom. The van der Waals surface area contributed by atoms with Crippen molar-refractivity contribution in [2.75, 3.05) is 0 Å². The van der Waals surface area contributed by atoms with Crippen LogP contribution in [0.2, 0.25) is 0 Å². The van der Waals surface area contributed by atoms with Gasteiger partial charge in [0.1, 0.15) is 5.92 Å². The number of hydrogen-bond acceptors (Lipinski definition) is 2. The van der Waals surface area contributed by atoms with E-state index in [2.05, 4.69) is 5.32 Å². The lowest BCUT2D eigenvalue weighted by atomic mass is 10.1. The van der Waals surface area contributed by atoms with Gasteiger partial charge in [-0.25, -0.2) is 0 Å². The van der Waals surface area contributed by atoms with Crippen LogP contribution in [0.4, 0.5) is 0 Å². The highest BCUT2D eigenvalue weighted by molar-refractivity contribution is 5.96. The van der Waals surface area contributed by atoms with Crippen LogP contribution in [0.1, 0.15) is 12.5 Å². The quantitative estimate of drug-likeness (QED) is 0.705. The second kappa shape index (κ2) is 4.63. The zero-order chi connectivity index (χ0) is 11.4. The topological polar surface area (TPSA) is 71.3 Å². The fourth-order valence-electron chi connectivity index (χ4n) is 1.12. The molecule has 1 aromatic heterocycles. The number of carbonyl (C=O) groups is 2. The molecule has 0 saturated heterocycles. The lowest BCUT2D eigenvalue weighted by Crippen LogP contribution is -2.32. The monoisotopic (exact) mass is 210 g/mol. The number of aliphatic carboxylic acids is 1. The first-order chi connectivity index (χ1) is 7.00. The third-order valence-corrected chi connectivity index (χ3v) is 2.12. The average Bonchev–Trinajstić information content (AvgIpc) is 2.59. The van der Waals surface area contributed by atoms with E-state index in [4.69, 9.17) is 5.11 Å². The molecule has 1 atom stereocenters. The molecule has 82 valence electrons. The minimum Gasteiger partial charge on any atom is -0.481 e. The Bertz CT molecular complexity index is 370. The number of carbonyl (C=O) groups excluding carboxylic acids is 1. The summed E-state index contributed by atoms with van der Waals surface area (Å²) >= 11 is 0. The van der Waals surface area contributed by atoms with Gasteiger partial charge in [-0.1, -0.05) is 0 Å². The van der Waals surface area contributed by atoms with E-state index in [1.807, 2.05) is 30.1 Å². The Balaban J connectivity index is 2.44. The normalized spacial score (nSPS) is 12.1. The van der Waals surface area contributed by atoms with E-state index < -0.39 is 17.8 Å². The van der Waals surface area contributed by atoms with E-state index in [1.165, 1.54) is 6.92 Å². The van der Waals surface area contributed by atoms with E-state index in [-0.39, 0.29) is 0 Å². The molecule has 0 radical (unpaired) electrons. The zero-order valence-corrected chi connectivity index (χ0v) is 8.73. The Morgan fingerprint density at radius 2 is 2.27 bits per heavy atom. The molecule has 5 nitrogen and oxygen atoms in total. The molecule has 0 aromatic carbocycles. The van der Waals surface area contributed by atoms with E-state index in [0.29, 0.717) is 6.54 Å². The van der Waals surface area contributed by atoms with Crippen LogP contribution in [0, 0.1) is 5.92 Å². The van der Waals surface area contributed by atoms with Gasteiger partial charge in [-0.05, 0) is 18.6 Å². The van der Waals surface area contributed by atoms with E-state index in [0.717, 1.165) is 5.56 Å². The van der Waals surface area contributed by atoms with E-state index in [1.54, 1.807) is 0 Å². The van der Waals surface area contributed by atoms with Gasteiger partial charge in [-0.2, -0.15) is 0 Å². The second-order valence-electron chi connectivity index (χ2n) is 3.46. The summed E-state index contributed by atoms with van der Waals surface area (Å²) in [6.45, 7) is 1.72. The minimum absolute atomic E-state index is 0.358. The lowest BCUT2D eigenvalue weighted by Gasteiger charge is -2.06. The summed E-state index contributed by atoms with van der Waals surface area (Å²) in [5, 5.41) is 11.1. The average molecular weight is 210 g/mol. The molecular weight excluding hydrogens is 196 g/mol. The van der Waals surface area contributed by atoms with Gasteiger partial charge in [-0.3, -0.25) is 9.59 Å². The van der Waals surface area contributed by atoms with Crippen LogP contribution in [-0.2, 0) is 23.2 Å². The maximum atomic E-state index is 11.3. The van der Waals surface area contributed by atoms with Crippen molar-refractivity contribution in [1.29, 1.82) is 0 Å². The summed E-state index contributed by atoms with van der Waals surface area (Å²) in [4.78, 5) is 21.8. The molecule has 0 saturated carbocycles. The molecule has 1 amide bonds. The third kappa shape index (κ3) is 3.12. The molecule has 0 spiro atoms. The van der Waals surface area contributed by atoms with Crippen LogP contribution in [-0.4, -0.2) is 21.6 Å². The Morgan fingerprint density at radius 1 is 1.60 bits per heavy atom. The molecule has 1 heterocycles. The first-order valence-electron chi connectivity index (χ1n) is 4.62. The van der Waals surface area contributed by atoms with Gasteiger partial charge >= 0.3 is 5.97 Å². The number of nitrogens with zero attached hydrogens (tertiary/aromatic N) is 1. The van der Waals surface area contributed by atoms with Crippen LogP contribution in [0.5, 0.6) is 0 Å². The fraction of sp³-hybridized carbons (Fsp3) is 0.400. The minimum atomic E-state index is -1.11. The van der Waals surface area contributed by atoms with Crippen molar-refractivity contribution in [1.82, 2.24) is 9.88 Å². The van der Waals surface area contributed by atoms with E-state index >= 15 is 0 Å².